The summed E-state index contributed by atoms with van der Waals surface area (Å²) in [6, 6.07) is 53.1. The van der Waals surface area contributed by atoms with Crippen molar-refractivity contribution in [1.82, 2.24) is 0 Å². The molecule has 0 aliphatic rings. The zero-order valence-corrected chi connectivity index (χ0v) is 21.8. The Labute approximate surface area is 230 Å². The van der Waals surface area contributed by atoms with Crippen LogP contribution in [0.25, 0.3) is 44.5 Å². The monoisotopic (exact) mass is 503 g/mol. The topological polar surface area (TPSA) is 21.3 Å². The molecule has 188 valence electrons. The van der Waals surface area contributed by atoms with Gasteiger partial charge in [-0.15, -0.1) is 0 Å². The molecule has 0 saturated carbocycles. The van der Waals surface area contributed by atoms with Crippen LogP contribution in [0.3, 0.4) is 0 Å². The molecule has 6 aromatic rings. The fourth-order valence-corrected chi connectivity index (χ4v) is 4.98. The second-order valence-corrected chi connectivity index (χ2v) is 9.47. The van der Waals surface area contributed by atoms with Crippen LogP contribution in [0, 0.1) is 0 Å². The Balaban J connectivity index is 1.32. The molecule has 0 aliphatic heterocycles. The van der Waals surface area contributed by atoms with Crippen molar-refractivity contribution in [1.29, 1.82) is 0 Å². The third kappa shape index (κ3) is 5.32. The van der Waals surface area contributed by atoms with E-state index in [1.165, 1.54) is 33.4 Å². The molecule has 0 amide bonds. The molecule has 1 N–H and O–H groups in total. The van der Waals surface area contributed by atoms with Crippen molar-refractivity contribution in [3.8, 4) is 50.3 Å². The maximum atomic E-state index is 5.65. The summed E-state index contributed by atoms with van der Waals surface area (Å²) < 4.78 is 5.65. The Bertz CT molecular complexity index is 1670. The van der Waals surface area contributed by atoms with E-state index in [9.17, 15) is 0 Å². The molecule has 0 spiro atoms. The van der Waals surface area contributed by atoms with Crippen molar-refractivity contribution < 1.29 is 4.74 Å². The van der Waals surface area contributed by atoms with Crippen molar-refractivity contribution >= 4 is 11.4 Å². The molecule has 0 aliphatic carbocycles. The zero-order valence-electron chi connectivity index (χ0n) is 21.8. The number of methoxy groups -OCH3 is 1. The van der Waals surface area contributed by atoms with E-state index in [0.717, 1.165) is 28.3 Å². The van der Waals surface area contributed by atoms with Gasteiger partial charge in [-0.25, -0.2) is 0 Å². The number of anilines is 2. The summed E-state index contributed by atoms with van der Waals surface area (Å²) in [6.45, 7) is 0. The number of ether oxygens (including phenoxy) is 1. The lowest BCUT2D eigenvalue weighted by Gasteiger charge is -2.15. The highest BCUT2D eigenvalue weighted by atomic mass is 16.5. The van der Waals surface area contributed by atoms with Gasteiger partial charge in [0.1, 0.15) is 5.75 Å². The molecule has 0 fully saturated rings. The molecule has 6 aromatic carbocycles. The Morgan fingerprint density at radius 3 is 1.59 bits per heavy atom. The van der Waals surface area contributed by atoms with E-state index in [-0.39, 0.29) is 0 Å². The summed E-state index contributed by atoms with van der Waals surface area (Å²) in [7, 11) is 1.72. The van der Waals surface area contributed by atoms with Crippen LogP contribution in [-0.4, -0.2) is 7.11 Å². The number of para-hydroxylation sites is 2. The molecule has 0 bridgehead atoms. The van der Waals surface area contributed by atoms with Crippen LogP contribution < -0.4 is 10.1 Å². The van der Waals surface area contributed by atoms with Gasteiger partial charge in [-0.1, -0.05) is 115 Å². The number of benzene rings is 6. The minimum Gasteiger partial charge on any atom is -0.496 e. The molecule has 0 radical (unpaired) electrons. The Hall–Kier alpha value is -5.08. The van der Waals surface area contributed by atoms with Crippen LogP contribution in [0.2, 0.25) is 0 Å². The third-order valence-electron chi connectivity index (χ3n) is 7.00. The maximum absolute atomic E-state index is 5.65. The van der Waals surface area contributed by atoms with Crippen LogP contribution >= 0.6 is 0 Å². The molecule has 0 atom stereocenters. The van der Waals surface area contributed by atoms with Gasteiger partial charge in [0.25, 0.3) is 0 Å². The second-order valence-electron chi connectivity index (χ2n) is 9.47. The summed E-state index contributed by atoms with van der Waals surface area (Å²) in [5, 5.41) is 3.45. The van der Waals surface area contributed by atoms with E-state index in [1.54, 1.807) is 7.11 Å². The van der Waals surface area contributed by atoms with Crippen molar-refractivity contribution in [3.63, 3.8) is 0 Å². The minimum absolute atomic E-state index is 0.874. The van der Waals surface area contributed by atoms with Gasteiger partial charge in [0.15, 0.2) is 0 Å². The summed E-state index contributed by atoms with van der Waals surface area (Å²) in [6.07, 6.45) is 0. The van der Waals surface area contributed by atoms with Crippen molar-refractivity contribution in [2.45, 2.75) is 0 Å². The van der Waals surface area contributed by atoms with Crippen LogP contribution in [0.5, 0.6) is 5.75 Å². The lowest BCUT2D eigenvalue weighted by Crippen LogP contribution is -1.91. The van der Waals surface area contributed by atoms with Gasteiger partial charge in [-0.3, -0.25) is 0 Å². The zero-order chi connectivity index (χ0) is 26.4. The first-order chi connectivity index (χ1) is 19.3. The first-order valence-corrected chi connectivity index (χ1v) is 13.1. The minimum atomic E-state index is 0.874. The SMILES string of the molecule is COc1ccccc1-c1ccc(-c2ccc(-c3ccc(Nc4ccccc4)cc3)cc2)c(-c2ccccc2)c1. The predicted molar refractivity (Wildman–Crippen MR) is 164 cm³/mol. The van der Waals surface area contributed by atoms with Gasteiger partial charge in [-0.05, 0) is 75.3 Å². The molecular weight excluding hydrogens is 474 g/mol. The van der Waals surface area contributed by atoms with Crippen LogP contribution in [-0.2, 0) is 0 Å². The van der Waals surface area contributed by atoms with Crippen LogP contribution in [0.4, 0.5) is 11.4 Å². The fraction of sp³-hybridized carbons (Fsp3) is 0.0270. The summed E-state index contributed by atoms with van der Waals surface area (Å²) in [4.78, 5) is 0. The quantitative estimate of drug-likeness (QED) is 0.234. The van der Waals surface area contributed by atoms with Gasteiger partial charge in [0.2, 0.25) is 0 Å². The van der Waals surface area contributed by atoms with Gasteiger partial charge in [0.05, 0.1) is 7.11 Å². The Morgan fingerprint density at radius 2 is 0.897 bits per heavy atom. The molecule has 0 saturated heterocycles. The van der Waals surface area contributed by atoms with E-state index in [4.69, 9.17) is 4.74 Å². The fourth-order valence-electron chi connectivity index (χ4n) is 4.98. The van der Waals surface area contributed by atoms with Gasteiger partial charge < -0.3 is 10.1 Å². The Kier molecular flexibility index (Phi) is 6.92. The van der Waals surface area contributed by atoms with E-state index < -0.39 is 0 Å². The number of nitrogens with one attached hydrogen (secondary N) is 1. The van der Waals surface area contributed by atoms with E-state index in [1.807, 2.05) is 30.3 Å². The molecule has 6 rings (SSSR count). The molecule has 0 aromatic heterocycles. The molecule has 39 heavy (non-hydrogen) atoms. The second kappa shape index (κ2) is 11.1. The van der Waals surface area contributed by atoms with E-state index in [2.05, 4.69) is 127 Å². The predicted octanol–water partition coefficient (Wildman–Crippen LogP) is 10.1. The summed E-state index contributed by atoms with van der Waals surface area (Å²) >= 11 is 0. The standard InChI is InChI=1S/C37H29NO/c1-39-37-15-9-8-14-35(37)31-22-25-34(36(26-31)29-10-4-2-5-11-29)30-18-16-27(17-19-30)28-20-23-33(24-21-28)38-32-12-6-3-7-13-32/h2-26,38H,1H3. The molecule has 2 nitrogen and oxygen atoms in total. The first kappa shape index (κ1) is 24.3. The van der Waals surface area contributed by atoms with E-state index in [0.29, 0.717) is 0 Å². The normalized spacial score (nSPS) is 10.7. The van der Waals surface area contributed by atoms with Gasteiger partial charge in [-0.2, -0.15) is 0 Å². The molecule has 0 unspecified atom stereocenters. The maximum Gasteiger partial charge on any atom is 0.126 e. The lowest BCUT2D eigenvalue weighted by atomic mass is 9.90. The highest BCUT2D eigenvalue weighted by Crippen LogP contribution is 2.38. The first-order valence-electron chi connectivity index (χ1n) is 13.1. The lowest BCUT2D eigenvalue weighted by molar-refractivity contribution is 0.416. The summed E-state index contributed by atoms with van der Waals surface area (Å²) in [5.74, 6) is 0.874. The number of hydrogen-bond acceptors (Lipinski definition) is 2. The highest BCUT2D eigenvalue weighted by Gasteiger charge is 2.12. The van der Waals surface area contributed by atoms with E-state index >= 15 is 0 Å². The number of hydrogen-bond donors (Lipinski definition) is 1. The largest absolute Gasteiger partial charge is 0.496 e. The summed E-state index contributed by atoms with van der Waals surface area (Å²) in [5.41, 5.74) is 11.5. The Morgan fingerprint density at radius 1 is 0.385 bits per heavy atom. The van der Waals surface area contributed by atoms with Gasteiger partial charge in [0, 0.05) is 16.9 Å². The van der Waals surface area contributed by atoms with Gasteiger partial charge >= 0.3 is 0 Å². The third-order valence-corrected chi connectivity index (χ3v) is 7.00. The smallest absolute Gasteiger partial charge is 0.126 e. The highest BCUT2D eigenvalue weighted by molar-refractivity contribution is 5.88. The van der Waals surface area contributed by atoms with Crippen molar-refractivity contribution in [2.75, 3.05) is 12.4 Å². The number of rotatable bonds is 7. The van der Waals surface area contributed by atoms with Crippen molar-refractivity contribution in [2.24, 2.45) is 0 Å². The van der Waals surface area contributed by atoms with Crippen LogP contribution in [0.1, 0.15) is 0 Å². The average Bonchev–Trinajstić information content (AvgIpc) is 3.02. The average molecular weight is 504 g/mol. The molecular formula is C37H29NO. The molecule has 2 heteroatoms. The van der Waals surface area contributed by atoms with Crippen LogP contribution in [0.15, 0.2) is 152 Å². The molecule has 0 heterocycles. The van der Waals surface area contributed by atoms with Crippen molar-refractivity contribution in [3.05, 3.63) is 152 Å².